The monoisotopic (exact) mass is 271 g/mol. The number of sulfonamides is 1. The molecule has 2 N–H and O–H groups in total. The third-order valence-electron chi connectivity index (χ3n) is 2.76. The molecule has 1 aromatic carbocycles. The third-order valence-corrected chi connectivity index (χ3v) is 4.24. The van der Waals surface area contributed by atoms with Crippen LogP contribution >= 0.6 is 0 Å². The summed E-state index contributed by atoms with van der Waals surface area (Å²) < 4.78 is 26.2. The predicted octanol–water partition coefficient (Wildman–Crippen LogP) is 1.76. The maximum Gasteiger partial charge on any atom is 0.240 e. The molecule has 18 heavy (non-hydrogen) atoms. The van der Waals surface area contributed by atoms with Crippen LogP contribution in [0.3, 0.4) is 0 Å². The molecule has 0 saturated heterocycles. The Balaban J connectivity index is 2.54. The van der Waals surface area contributed by atoms with E-state index in [2.05, 4.69) is 4.72 Å². The molecule has 1 rings (SSSR count). The average molecular weight is 271 g/mol. The van der Waals surface area contributed by atoms with E-state index in [9.17, 15) is 13.5 Å². The van der Waals surface area contributed by atoms with Crippen molar-refractivity contribution in [1.29, 1.82) is 0 Å². The third kappa shape index (κ3) is 4.40. The molecule has 5 heteroatoms. The molecule has 0 aliphatic heterocycles. The first kappa shape index (κ1) is 15.1. The van der Waals surface area contributed by atoms with Crippen molar-refractivity contribution in [2.24, 2.45) is 5.41 Å². The molecule has 0 unspecified atom stereocenters. The molecule has 0 fully saturated rings. The lowest BCUT2D eigenvalue weighted by Gasteiger charge is -2.25. The highest BCUT2D eigenvalue weighted by molar-refractivity contribution is 7.89. The number of benzene rings is 1. The summed E-state index contributed by atoms with van der Waals surface area (Å²) in [5, 5.41) is 9.82. The van der Waals surface area contributed by atoms with Crippen molar-refractivity contribution in [3.05, 3.63) is 30.3 Å². The number of aliphatic hydroxyl groups excluding tert-OH is 1. The Morgan fingerprint density at radius 1 is 1.22 bits per heavy atom. The quantitative estimate of drug-likeness (QED) is 0.857. The summed E-state index contributed by atoms with van der Waals surface area (Å²) >= 11 is 0. The van der Waals surface area contributed by atoms with Crippen LogP contribution < -0.4 is 4.72 Å². The molecule has 0 heterocycles. The lowest BCUT2D eigenvalue weighted by Crippen LogP contribution is -2.32. The molecule has 0 radical (unpaired) electrons. The Kier molecular flexibility index (Phi) is 4.90. The van der Waals surface area contributed by atoms with Gasteiger partial charge in [0.15, 0.2) is 0 Å². The van der Waals surface area contributed by atoms with Crippen molar-refractivity contribution in [3.63, 3.8) is 0 Å². The molecule has 0 saturated carbocycles. The Labute approximate surface area is 109 Å². The Morgan fingerprint density at radius 3 is 2.28 bits per heavy atom. The van der Waals surface area contributed by atoms with Gasteiger partial charge >= 0.3 is 0 Å². The molecule has 0 spiro atoms. The average Bonchev–Trinajstić information content (AvgIpc) is 2.28. The lowest BCUT2D eigenvalue weighted by atomic mass is 9.87. The van der Waals surface area contributed by atoms with Gasteiger partial charge in [0, 0.05) is 6.54 Å². The molecular formula is C13H21NO3S. The van der Waals surface area contributed by atoms with Crippen LogP contribution in [0.4, 0.5) is 0 Å². The topological polar surface area (TPSA) is 66.4 Å². The summed E-state index contributed by atoms with van der Waals surface area (Å²) in [7, 11) is -3.46. The standard InChI is InChI=1S/C13H21NO3S/c1-13(2,3)12(15)9-10-14-18(16,17)11-7-5-4-6-8-11/h4-8,12,14-15H,9-10H2,1-3H3/t12-/m1/s1. The van der Waals surface area contributed by atoms with Gasteiger partial charge in [-0.2, -0.15) is 0 Å². The molecule has 0 aromatic heterocycles. The molecule has 0 bridgehead atoms. The summed E-state index contributed by atoms with van der Waals surface area (Å²) in [5.74, 6) is 0. The van der Waals surface area contributed by atoms with Crippen molar-refractivity contribution < 1.29 is 13.5 Å². The smallest absolute Gasteiger partial charge is 0.240 e. The number of hydrogen-bond acceptors (Lipinski definition) is 3. The van der Waals surface area contributed by atoms with E-state index in [1.807, 2.05) is 20.8 Å². The Bertz CT molecular complexity index is 463. The molecule has 4 nitrogen and oxygen atoms in total. The van der Waals surface area contributed by atoms with E-state index in [4.69, 9.17) is 0 Å². The minimum Gasteiger partial charge on any atom is -0.393 e. The fourth-order valence-corrected chi connectivity index (χ4v) is 2.51. The van der Waals surface area contributed by atoms with Gasteiger partial charge in [-0.15, -0.1) is 0 Å². The zero-order valence-corrected chi connectivity index (χ0v) is 11.9. The van der Waals surface area contributed by atoms with E-state index in [0.29, 0.717) is 6.42 Å². The van der Waals surface area contributed by atoms with Crippen molar-refractivity contribution in [2.75, 3.05) is 6.54 Å². The summed E-state index contributed by atoms with van der Waals surface area (Å²) in [6.07, 6.45) is -0.133. The van der Waals surface area contributed by atoms with Crippen molar-refractivity contribution >= 4 is 10.0 Å². The van der Waals surface area contributed by atoms with Crippen LogP contribution in [0.2, 0.25) is 0 Å². The summed E-state index contributed by atoms with van der Waals surface area (Å²) in [4.78, 5) is 0.246. The van der Waals surface area contributed by atoms with Crippen molar-refractivity contribution in [3.8, 4) is 0 Å². The van der Waals surface area contributed by atoms with Gasteiger partial charge in [-0.05, 0) is 24.0 Å². The number of hydrogen-bond donors (Lipinski definition) is 2. The summed E-state index contributed by atoms with van der Waals surface area (Å²) in [6.45, 7) is 5.99. The van der Waals surface area contributed by atoms with Gasteiger partial charge in [0.25, 0.3) is 0 Å². The van der Waals surface area contributed by atoms with Crippen LogP contribution in [0.1, 0.15) is 27.2 Å². The first-order valence-corrected chi connectivity index (χ1v) is 7.44. The minimum absolute atomic E-state index is 0.232. The van der Waals surface area contributed by atoms with Gasteiger partial charge in [0.2, 0.25) is 10.0 Å². The molecule has 1 atom stereocenters. The first-order chi connectivity index (χ1) is 8.23. The molecule has 0 amide bonds. The second-order valence-electron chi connectivity index (χ2n) is 5.38. The molecule has 0 aliphatic rings. The van der Waals surface area contributed by atoms with Gasteiger partial charge in [-0.1, -0.05) is 39.0 Å². The maximum absolute atomic E-state index is 11.9. The Morgan fingerprint density at radius 2 is 1.78 bits per heavy atom. The van der Waals surface area contributed by atoms with Crippen LogP contribution in [-0.2, 0) is 10.0 Å². The van der Waals surface area contributed by atoms with E-state index in [-0.39, 0.29) is 16.9 Å². The van der Waals surface area contributed by atoms with E-state index in [0.717, 1.165) is 0 Å². The van der Waals surface area contributed by atoms with Crippen molar-refractivity contribution in [2.45, 2.75) is 38.2 Å². The summed E-state index contributed by atoms with van der Waals surface area (Å²) in [6, 6.07) is 8.21. The molecule has 0 aliphatic carbocycles. The highest BCUT2D eigenvalue weighted by Crippen LogP contribution is 2.21. The normalized spacial score (nSPS) is 14.4. The second-order valence-corrected chi connectivity index (χ2v) is 7.15. The zero-order chi connectivity index (χ0) is 13.8. The minimum atomic E-state index is -3.46. The van der Waals surface area contributed by atoms with Crippen LogP contribution in [-0.4, -0.2) is 26.2 Å². The molecule has 102 valence electrons. The largest absolute Gasteiger partial charge is 0.393 e. The van der Waals surface area contributed by atoms with Crippen LogP contribution in [0, 0.1) is 5.41 Å². The number of aliphatic hydroxyl groups is 1. The number of nitrogens with one attached hydrogen (secondary N) is 1. The fraction of sp³-hybridized carbons (Fsp3) is 0.538. The molecule has 1 aromatic rings. The SMILES string of the molecule is CC(C)(C)[C@H](O)CCNS(=O)(=O)c1ccccc1. The summed E-state index contributed by atoms with van der Waals surface area (Å²) in [5.41, 5.74) is -0.238. The van der Waals surface area contributed by atoms with Gasteiger partial charge in [-0.25, -0.2) is 13.1 Å². The Hall–Kier alpha value is -0.910. The van der Waals surface area contributed by atoms with Crippen LogP contribution in [0.5, 0.6) is 0 Å². The fourth-order valence-electron chi connectivity index (χ4n) is 1.45. The van der Waals surface area contributed by atoms with E-state index in [1.54, 1.807) is 30.3 Å². The zero-order valence-electron chi connectivity index (χ0n) is 11.1. The maximum atomic E-state index is 11.9. The van der Waals surface area contributed by atoms with Gasteiger partial charge < -0.3 is 5.11 Å². The van der Waals surface area contributed by atoms with Gasteiger partial charge in [0.1, 0.15) is 0 Å². The highest BCUT2D eigenvalue weighted by Gasteiger charge is 2.22. The van der Waals surface area contributed by atoms with E-state index >= 15 is 0 Å². The van der Waals surface area contributed by atoms with Crippen LogP contribution in [0.15, 0.2) is 35.2 Å². The van der Waals surface area contributed by atoms with E-state index in [1.165, 1.54) is 0 Å². The predicted molar refractivity (Wildman–Crippen MR) is 71.7 cm³/mol. The lowest BCUT2D eigenvalue weighted by molar-refractivity contribution is 0.0571. The highest BCUT2D eigenvalue weighted by atomic mass is 32.2. The van der Waals surface area contributed by atoms with Crippen LogP contribution in [0.25, 0.3) is 0 Å². The van der Waals surface area contributed by atoms with Gasteiger partial charge in [-0.3, -0.25) is 0 Å². The van der Waals surface area contributed by atoms with E-state index < -0.39 is 16.1 Å². The second kappa shape index (κ2) is 5.82. The molecular weight excluding hydrogens is 250 g/mol. The van der Waals surface area contributed by atoms with Gasteiger partial charge in [0.05, 0.1) is 11.0 Å². The van der Waals surface area contributed by atoms with Crippen molar-refractivity contribution in [1.82, 2.24) is 4.72 Å². The number of rotatable bonds is 5. The first-order valence-electron chi connectivity index (χ1n) is 5.96.